The molecule has 0 bridgehead atoms. The Balaban J connectivity index is 1.50. The number of aryl methyl sites for hydroxylation is 1. The quantitative estimate of drug-likeness (QED) is 0.483. The molecule has 27 heavy (non-hydrogen) atoms. The summed E-state index contributed by atoms with van der Waals surface area (Å²) in [5.74, 6) is -0.804. The van der Waals surface area contributed by atoms with Crippen molar-refractivity contribution in [2.75, 3.05) is 11.9 Å². The molecule has 4 heteroatoms. The lowest BCUT2D eigenvalue weighted by molar-refractivity contribution is -0.136. The van der Waals surface area contributed by atoms with Crippen LogP contribution in [0, 0.1) is 0 Å². The van der Waals surface area contributed by atoms with E-state index in [2.05, 4.69) is 53.8 Å². The predicted octanol–water partition coefficient (Wildman–Crippen LogP) is 5.51. The molecule has 0 aliphatic carbocycles. The fourth-order valence-corrected chi connectivity index (χ4v) is 3.70. The van der Waals surface area contributed by atoms with Gasteiger partial charge in [-0.25, -0.2) is 0 Å². The average molecular weight is 378 g/mol. The summed E-state index contributed by atoms with van der Waals surface area (Å²) in [7, 11) is 0. The molecule has 0 radical (unpaired) electrons. The number of aliphatic carboxylic acids is 1. The van der Waals surface area contributed by atoms with E-state index in [0.717, 1.165) is 40.4 Å². The second kappa shape index (κ2) is 9.83. The molecule has 0 aromatic heterocycles. The van der Waals surface area contributed by atoms with Gasteiger partial charge in [0.2, 0.25) is 0 Å². The fourth-order valence-electron chi connectivity index (χ4n) is 2.83. The molecule has 0 saturated heterocycles. The summed E-state index contributed by atoms with van der Waals surface area (Å²) in [6.07, 6.45) is 2.23. The molecule has 0 unspecified atom stereocenters. The lowest BCUT2D eigenvalue weighted by atomic mass is 10.1. The molecule has 0 atom stereocenters. The van der Waals surface area contributed by atoms with E-state index in [1.54, 1.807) is 11.8 Å². The summed E-state index contributed by atoms with van der Waals surface area (Å²) in [5.41, 5.74) is 3.31. The molecule has 0 saturated carbocycles. The van der Waals surface area contributed by atoms with Crippen LogP contribution in [0.2, 0.25) is 0 Å². The van der Waals surface area contributed by atoms with E-state index in [1.165, 1.54) is 5.56 Å². The van der Waals surface area contributed by atoms with Gasteiger partial charge in [-0.05, 0) is 54.3 Å². The molecular weight excluding hydrogens is 354 g/mol. The normalized spacial score (nSPS) is 10.5. The van der Waals surface area contributed by atoms with Crippen LogP contribution in [0.25, 0.3) is 0 Å². The summed E-state index contributed by atoms with van der Waals surface area (Å²) in [6, 6.07) is 26.6. The third-order valence-corrected chi connectivity index (χ3v) is 5.16. The molecule has 0 fully saturated rings. The number of hydrogen-bond acceptors (Lipinski definition) is 3. The van der Waals surface area contributed by atoms with Crippen molar-refractivity contribution in [1.82, 2.24) is 0 Å². The number of anilines is 1. The Hall–Kier alpha value is -2.72. The first-order valence-electron chi connectivity index (χ1n) is 9.05. The largest absolute Gasteiger partial charge is 0.481 e. The summed E-state index contributed by atoms with van der Waals surface area (Å²) < 4.78 is 0. The molecule has 2 N–H and O–H groups in total. The van der Waals surface area contributed by atoms with Crippen molar-refractivity contribution >= 4 is 23.4 Å². The van der Waals surface area contributed by atoms with Gasteiger partial charge in [0, 0.05) is 22.0 Å². The van der Waals surface area contributed by atoms with Crippen LogP contribution in [0.1, 0.15) is 17.5 Å². The molecule has 3 nitrogen and oxygen atoms in total. The highest BCUT2D eigenvalue weighted by molar-refractivity contribution is 7.99. The second-order valence-electron chi connectivity index (χ2n) is 6.36. The van der Waals surface area contributed by atoms with E-state index in [0.29, 0.717) is 0 Å². The molecular formula is C23H23NO2S. The third-order valence-electron chi connectivity index (χ3n) is 4.16. The van der Waals surface area contributed by atoms with Gasteiger partial charge in [0.25, 0.3) is 0 Å². The third kappa shape index (κ3) is 6.50. The Morgan fingerprint density at radius 3 is 2.37 bits per heavy atom. The van der Waals surface area contributed by atoms with Crippen LogP contribution in [0.3, 0.4) is 0 Å². The van der Waals surface area contributed by atoms with Gasteiger partial charge in [0.15, 0.2) is 0 Å². The Morgan fingerprint density at radius 2 is 1.63 bits per heavy atom. The molecule has 0 aliphatic heterocycles. The molecule has 3 aromatic carbocycles. The van der Waals surface area contributed by atoms with Crippen molar-refractivity contribution in [1.29, 1.82) is 0 Å². The molecule has 0 aliphatic rings. The Morgan fingerprint density at radius 1 is 0.852 bits per heavy atom. The summed E-state index contributed by atoms with van der Waals surface area (Å²) in [6.45, 7) is 0.937. The lowest BCUT2D eigenvalue weighted by Crippen LogP contribution is -2.02. The van der Waals surface area contributed by atoms with Gasteiger partial charge < -0.3 is 10.4 Å². The number of carboxylic acid groups (broad SMARTS) is 1. The molecule has 0 amide bonds. The highest BCUT2D eigenvalue weighted by Crippen LogP contribution is 2.29. The Bertz CT molecular complexity index is 863. The smallest absolute Gasteiger partial charge is 0.307 e. The van der Waals surface area contributed by atoms with E-state index in [1.807, 2.05) is 30.3 Å². The van der Waals surface area contributed by atoms with Crippen molar-refractivity contribution in [3.8, 4) is 0 Å². The van der Waals surface area contributed by atoms with Gasteiger partial charge in [-0.1, -0.05) is 60.3 Å². The van der Waals surface area contributed by atoms with Crippen molar-refractivity contribution in [3.05, 3.63) is 90.0 Å². The van der Waals surface area contributed by atoms with Gasteiger partial charge in [-0.2, -0.15) is 0 Å². The van der Waals surface area contributed by atoms with Crippen LogP contribution in [-0.2, 0) is 17.6 Å². The van der Waals surface area contributed by atoms with Gasteiger partial charge in [-0.15, -0.1) is 0 Å². The van der Waals surface area contributed by atoms with E-state index in [-0.39, 0.29) is 6.42 Å². The van der Waals surface area contributed by atoms with Gasteiger partial charge >= 0.3 is 5.97 Å². The second-order valence-corrected chi connectivity index (χ2v) is 7.51. The fraction of sp³-hybridized carbons (Fsp3) is 0.174. The van der Waals surface area contributed by atoms with Crippen LogP contribution in [0.15, 0.2) is 88.7 Å². The predicted molar refractivity (Wildman–Crippen MR) is 112 cm³/mol. The maximum Gasteiger partial charge on any atom is 0.307 e. The van der Waals surface area contributed by atoms with E-state index in [9.17, 15) is 4.79 Å². The van der Waals surface area contributed by atoms with Crippen LogP contribution in [-0.4, -0.2) is 17.6 Å². The number of rotatable bonds is 9. The minimum atomic E-state index is -0.804. The summed E-state index contributed by atoms with van der Waals surface area (Å²) >= 11 is 1.68. The number of hydrogen-bond donors (Lipinski definition) is 2. The number of benzene rings is 3. The Kier molecular flexibility index (Phi) is 6.94. The number of carbonyl (C=O) groups is 1. The molecule has 3 rings (SSSR count). The standard InChI is InChI=1S/C23H23NO2S/c25-23(26)16-19-11-13-21(14-12-19)27-22-10-4-9-20(17-22)24-15-5-8-18-6-2-1-3-7-18/h1-4,6-7,9-14,17,24H,5,8,15-16H2,(H,25,26). The zero-order valence-electron chi connectivity index (χ0n) is 15.1. The van der Waals surface area contributed by atoms with E-state index in [4.69, 9.17) is 5.11 Å². The van der Waals surface area contributed by atoms with Gasteiger partial charge in [0.05, 0.1) is 6.42 Å². The molecule has 0 spiro atoms. The number of carboxylic acids is 1. The van der Waals surface area contributed by atoms with Crippen LogP contribution >= 0.6 is 11.8 Å². The average Bonchev–Trinajstić information content (AvgIpc) is 2.68. The van der Waals surface area contributed by atoms with Gasteiger partial charge in [0.1, 0.15) is 0 Å². The van der Waals surface area contributed by atoms with Crippen molar-refractivity contribution in [2.45, 2.75) is 29.1 Å². The first kappa shape index (κ1) is 19.1. The van der Waals surface area contributed by atoms with Crippen LogP contribution < -0.4 is 5.32 Å². The lowest BCUT2D eigenvalue weighted by Gasteiger charge is -2.09. The van der Waals surface area contributed by atoms with E-state index < -0.39 is 5.97 Å². The van der Waals surface area contributed by atoms with Gasteiger partial charge in [-0.3, -0.25) is 4.79 Å². The molecule has 138 valence electrons. The maximum atomic E-state index is 10.8. The first-order chi connectivity index (χ1) is 13.2. The van der Waals surface area contributed by atoms with Crippen LogP contribution in [0.4, 0.5) is 5.69 Å². The Labute approximate surface area is 164 Å². The van der Waals surface area contributed by atoms with Crippen molar-refractivity contribution < 1.29 is 9.90 Å². The molecule has 3 aromatic rings. The van der Waals surface area contributed by atoms with E-state index >= 15 is 0 Å². The topological polar surface area (TPSA) is 49.3 Å². The summed E-state index contributed by atoms with van der Waals surface area (Å²) in [4.78, 5) is 13.0. The SMILES string of the molecule is O=C(O)Cc1ccc(Sc2cccc(NCCCc3ccccc3)c2)cc1. The van der Waals surface area contributed by atoms with Crippen LogP contribution in [0.5, 0.6) is 0 Å². The summed E-state index contributed by atoms with van der Waals surface area (Å²) in [5, 5.41) is 12.3. The van der Waals surface area contributed by atoms with Crippen molar-refractivity contribution in [3.63, 3.8) is 0 Å². The number of nitrogens with one attached hydrogen (secondary N) is 1. The zero-order valence-corrected chi connectivity index (χ0v) is 15.9. The maximum absolute atomic E-state index is 10.8. The minimum Gasteiger partial charge on any atom is -0.481 e. The minimum absolute atomic E-state index is 0.0628. The first-order valence-corrected chi connectivity index (χ1v) is 9.87. The van der Waals surface area contributed by atoms with Crippen molar-refractivity contribution in [2.24, 2.45) is 0 Å². The highest BCUT2D eigenvalue weighted by Gasteiger charge is 2.03. The molecule has 0 heterocycles. The highest BCUT2D eigenvalue weighted by atomic mass is 32.2. The monoisotopic (exact) mass is 377 g/mol. The zero-order chi connectivity index (χ0) is 18.9.